The molecule has 0 heterocycles. The van der Waals surface area contributed by atoms with E-state index in [1.54, 1.807) is 0 Å². The van der Waals surface area contributed by atoms with Gasteiger partial charge in [-0.2, -0.15) is 0 Å². The standard InChI is InChI=1S/C29H44N2O3/c1-26(2,3)20-9-7-19(8-10-20)25(33)31-23-18-27(4,5)22-17-28(6,34)15-16-29(22,23)14-13-24(32)30-21-11-12-21/h7-10,21-23,34H,11-18H2,1-6H3,(H,30,32)(H,31,33)/t22-,23-,28+,29+/m0/s1. The van der Waals surface area contributed by atoms with E-state index in [0.29, 0.717) is 24.4 Å². The van der Waals surface area contributed by atoms with Crippen molar-refractivity contribution in [1.29, 1.82) is 0 Å². The molecule has 3 saturated carbocycles. The van der Waals surface area contributed by atoms with Crippen LogP contribution in [0.2, 0.25) is 0 Å². The average molecular weight is 469 g/mol. The minimum atomic E-state index is -0.691. The molecule has 0 spiro atoms. The van der Waals surface area contributed by atoms with Gasteiger partial charge in [-0.15, -0.1) is 0 Å². The van der Waals surface area contributed by atoms with Crippen LogP contribution >= 0.6 is 0 Å². The van der Waals surface area contributed by atoms with Gasteiger partial charge in [0, 0.05) is 24.1 Å². The lowest BCUT2D eigenvalue weighted by molar-refractivity contribution is -0.123. The number of hydrogen-bond acceptors (Lipinski definition) is 3. The average Bonchev–Trinajstić information content (AvgIpc) is 3.52. The maximum absolute atomic E-state index is 13.4. The SMILES string of the molecule is CC(C)(C)c1ccc(C(=O)N[C@H]2CC(C)(C)[C@@H]3C[C@](C)(O)CC[C@@]23CCC(=O)NC2CC2)cc1. The Labute approximate surface area is 205 Å². The molecular formula is C29H44N2O3. The highest BCUT2D eigenvalue weighted by Crippen LogP contribution is 2.63. The lowest BCUT2D eigenvalue weighted by Crippen LogP contribution is -2.52. The third kappa shape index (κ3) is 5.19. The zero-order valence-electron chi connectivity index (χ0n) is 22.0. The van der Waals surface area contributed by atoms with Gasteiger partial charge in [0.05, 0.1) is 5.60 Å². The zero-order valence-corrected chi connectivity index (χ0v) is 22.0. The summed E-state index contributed by atoms with van der Waals surface area (Å²) in [5.74, 6) is 0.340. The number of rotatable bonds is 6. The van der Waals surface area contributed by atoms with Gasteiger partial charge in [0.25, 0.3) is 5.91 Å². The van der Waals surface area contributed by atoms with E-state index in [1.165, 1.54) is 5.56 Å². The lowest BCUT2D eigenvalue weighted by Gasteiger charge is -2.50. The van der Waals surface area contributed by atoms with Gasteiger partial charge in [0.1, 0.15) is 0 Å². The lowest BCUT2D eigenvalue weighted by atomic mass is 9.57. The fourth-order valence-corrected chi connectivity index (χ4v) is 6.67. The maximum atomic E-state index is 13.4. The van der Waals surface area contributed by atoms with Gasteiger partial charge in [-0.05, 0) is 91.7 Å². The van der Waals surface area contributed by atoms with Crippen molar-refractivity contribution < 1.29 is 14.7 Å². The van der Waals surface area contributed by atoms with Crippen molar-refractivity contribution in [2.24, 2.45) is 16.7 Å². The minimum Gasteiger partial charge on any atom is -0.390 e. The number of carbonyl (C=O) groups excluding carboxylic acids is 2. The largest absolute Gasteiger partial charge is 0.390 e. The van der Waals surface area contributed by atoms with Crippen molar-refractivity contribution in [2.45, 2.75) is 116 Å². The highest BCUT2D eigenvalue weighted by Gasteiger charge is 2.61. The second-order valence-corrected chi connectivity index (χ2v) is 13.4. The molecule has 0 bridgehead atoms. The van der Waals surface area contributed by atoms with Gasteiger partial charge in [-0.3, -0.25) is 9.59 Å². The van der Waals surface area contributed by atoms with Gasteiger partial charge in [-0.25, -0.2) is 0 Å². The van der Waals surface area contributed by atoms with Gasteiger partial charge >= 0.3 is 0 Å². The Kier molecular flexibility index (Phi) is 6.42. The van der Waals surface area contributed by atoms with Crippen molar-refractivity contribution in [1.82, 2.24) is 10.6 Å². The molecule has 0 aliphatic heterocycles. The van der Waals surface area contributed by atoms with E-state index in [0.717, 1.165) is 38.5 Å². The predicted molar refractivity (Wildman–Crippen MR) is 136 cm³/mol. The van der Waals surface area contributed by atoms with E-state index >= 15 is 0 Å². The van der Waals surface area contributed by atoms with E-state index in [4.69, 9.17) is 0 Å². The maximum Gasteiger partial charge on any atom is 0.251 e. The molecule has 2 amide bonds. The summed E-state index contributed by atoms with van der Waals surface area (Å²) in [4.78, 5) is 26.0. The second-order valence-electron chi connectivity index (χ2n) is 13.4. The summed E-state index contributed by atoms with van der Waals surface area (Å²) in [6.07, 6.45) is 6.53. The van der Waals surface area contributed by atoms with Crippen LogP contribution in [-0.4, -0.2) is 34.6 Å². The number of hydrogen-bond donors (Lipinski definition) is 3. The molecule has 5 nitrogen and oxygen atoms in total. The third-order valence-corrected chi connectivity index (χ3v) is 8.91. The first-order valence-corrected chi connectivity index (χ1v) is 13.2. The van der Waals surface area contributed by atoms with Crippen LogP contribution in [0.25, 0.3) is 0 Å². The molecule has 3 aliphatic rings. The van der Waals surface area contributed by atoms with Crippen LogP contribution in [-0.2, 0) is 10.2 Å². The van der Waals surface area contributed by atoms with Crippen molar-refractivity contribution in [3.63, 3.8) is 0 Å². The first-order valence-electron chi connectivity index (χ1n) is 13.2. The normalized spacial score (nSPS) is 32.7. The smallest absolute Gasteiger partial charge is 0.251 e. The monoisotopic (exact) mass is 468 g/mol. The molecule has 4 rings (SSSR count). The van der Waals surface area contributed by atoms with Crippen LogP contribution in [0.1, 0.15) is 109 Å². The summed E-state index contributed by atoms with van der Waals surface area (Å²) >= 11 is 0. The number of carbonyl (C=O) groups is 2. The van der Waals surface area contributed by atoms with Crippen molar-refractivity contribution in [3.05, 3.63) is 35.4 Å². The fourth-order valence-electron chi connectivity index (χ4n) is 6.67. The summed E-state index contributed by atoms with van der Waals surface area (Å²) < 4.78 is 0. The zero-order chi connectivity index (χ0) is 24.9. The Morgan fingerprint density at radius 1 is 1.00 bits per heavy atom. The Bertz CT molecular complexity index is 924. The fraction of sp³-hybridized carbons (Fsp3) is 0.724. The van der Waals surface area contributed by atoms with Crippen molar-refractivity contribution in [3.8, 4) is 0 Å². The summed E-state index contributed by atoms with van der Waals surface area (Å²) in [6, 6.07) is 8.30. The van der Waals surface area contributed by atoms with E-state index in [9.17, 15) is 14.7 Å². The first-order chi connectivity index (χ1) is 15.7. The van der Waals surface area contributed by atoms with Crippen molar-refractivity contribution in [2.75, 3.05) is 0 Å². The second kappa shape index (κ2) is 8.65. The summed E-state index contributed by atoms with van der Waals surface area (Å²) in [5, 5.41) is 17.5. The minimum absolute atomic E-state index is 0.00730. The molecular weight excluding hydrogens is 424 g/mol. The molecule has 3 N–H and O–H groups in total. The number of nitrogens with one attached hydrogen (secondary N) is 2. The quantitative estimate of drug-likeness (QED) is 0.543. The van der Waals surface area contributed by atoms with E-state index in [-0.39, 0.29) is 40.0 Å². The molecule has 0 unspecified atom stereocenters. The van der Waals surface area contributed by atoms with Crippen LogP contribution in [0.4, 0.5) is 0 Å². The van der Waals surface area contributed by atoms with Crippen LogP contribution in [0.15, 0.2) is 24.3 Å². The number of amides is 2. The van der Waals surface area contributed by atoms with Crippen molar-refractivity contribution >= 4 is 11.8 Å². The number of benzene rings is 1. The van der Waals surface area contributed by atoms with Gasteiger partial charge in [0.15, 0.2) is 0 Å². The Balaban J connectivity index is 1.56. The van der Waals surface area contributed by atoms with Gasteiger partial charge in [-0.1, -0.05) is 46.8 Å². The predicted octanol–water partition coefficient (Wildman–Crippen LogP) is 5.11. The van der Waals surface area contributed by atoms with Crippen LogP contribution in [0.3, 0.4) is 0 Å². The Morgan fingerprint density at radius 2 is 1.65 bits per heavy atom. The van der Waals surface area contributed by atoms with E-state index < -0.39 is 5.60 Å². The molecule has 34 heavy (non-hydrogen) atoms. The van der Waals surface area contributed by atoms with Gasteiger partial charge < -0.3 is 15.7 Å². The third-order valence-electron chi connectivity index (χ3n) is 8.91. The first kappa shape index (κ1) is 25.2. The van der Waals surface area contributed by atoms with E-state index in [2.05, 4.69) is 45.3 Å². The molecule has 3 aliphatic carbocycles. The molecule has 0 radical (unpaired) electrons. The molecule has 1 aromatic carbocycles. The highest BCUT2D eigenvalue weighted by atomic mass is 16.3. The highest BCUT2D eigenvalue weighted by molar-refractivity contribution is 5.94. The molecule has 3 fully saturated rings. The van der Waals surface area contributed by atoms with Crippen LogP contribution in [0, 0.1) is 16.7 Å². The molecule has 0 saturated heterocycles. The molecule has 188 valence electrons. The molecule has 4 atom stereocenters. The number of fused-ring (bicyclic) bond motifs is 1. The molecule has 0 aromatic heterocycles. The summed E-state index contributed by atoms with van der Waals surface area (Å²) in [5.41, 5.74) is 1.04. The Morgan fingerprint density at radius 3 is 2.24 bits per heavy atom. The van der Waals surface area contributed by atoms with E-state index in [1.807, 2.05) is 31.2 Å². The topological polar surface area (TPSA) is 78.4 Å². The Hall–Kier alpha value is -1.88. The number of aliphatic hydroxyl groups is 1. The van der Waals surface area contributed by atoms with Crippen LogP contribution < -0.4 is 10.6 Å². The summed E-state index contributed by atoms with van der Waals surface area (Å²) in [6.45, 7) is 13.0. The molecule has 1 aromatic rings. The molecule has 5 heteroatoms. The van der Waals surface area contributed by atoms with Crippen LogP contribution in [0.5, 0.6) is 0 Å². The van der Waals surface area contributed by atoms with Gasteiger partial charge in [0.2, 0.25) is 5.91 Å². The summed E-state index contributed by atoms with van der Waals surface area (Å²) in [7, 11) is 0.